The first kappa shape index (κ1) is 17.9. The van der Waals surface area contributed by atoms with Crippen LogP contribution in [-0.4, -0.2) is 32.5 Å². The molecule has 2 aromatic carbocycles. The standard InChI is InChI=1S/C20H22O2Te/c1-13-5-9-17(10-6-13)19(21)15(3)23-16(4)20(22)18-11-7-14(2)8-12-18/h5-12,15-16H,1-4H3. The quantitative estimate of drug-likeness (QED) is 0.500. The first-order valence-electron chi connectivity index (χ1n) is 7.75. The molecule has 2 aromatic rings. The number of ketones is 2. The van der Waals surface area contributed by atoms with E-state index in [4.69, 9.17) is 0 Å². The van der Waals surface area contributed by atoms with Crippen molar-refractivity contribution in [3.8, 4) is 0 Å². The maximum absolute atomic E-state index is 12.5. The maximum atomic E-state index is 12.5. The van der Waals surface area contributed by atoms with Crippen molar-refractivity contribution in [1.29, 1.82) is 0 Å². The van der Waals surface area contributed by atoms with E-state index in [0.717, 1.165) is 22.3 Å². The third-order valence-electron chi connectivity index (χ3n) is 3.82. The van der Waals surface area contributed by atoms with E-state index in [2.05, 4.69) is 0 Å². The van der Waals surface area contributed by atoms with E-state index in [1.165, 1.54) is 0 Å². The average molecular weight is 422 g/mol. The average Bonchev–Trinajstić information content (AvgIpc) is 2.54. The van der Waals surface area contributed by atoms with Crippen LogP contribution in [0.25, 0.3) is 0 Å². The van der Waals surface area contributed by atoms with Crippen molar-refractivity contribution in [3.05, 3.63) is 70.8 Å². The number of hydrogen-bond acceptors (Lipinski definition) is 2. The number of benzene rings is 2. The zero-order valence-electron chi connectivity index (χ0n) is 14.0. The molecule has 0 aliphatic rings. The number of aryl methyl sites for hydroxylation is 2. The molecule has 0 saturated heterocycles. The summed E-state index contributed by atoms with van der Waals surface area (Å²) in [6.07, 6.45) is 0. The van der Waals surface area contributed by atoms with E-state index >= 15 is 0 Å². The molecule has 23 heavy (non-hydrogen) atoms. The fraction of sp³-hybridized carbons (Fsp3) is 0.300. The monoisotopic (exact) mass is 424 g/mol. The second kappa shape index (κ2) is 7.90. The van der Waals surface area contributed by atoms with E-state index in [1.54, 1.807) is 0 Å². The third kappa shape index (κ3) is 4.77. The van der Waals surface area contributed by atoms with Gasteiger partial charge in [-0.05, 0) is 0 Å². The van der Waals surface area contributed by atoms with Crippen LogP contribution in [0.5, 0.6) is 0 Å². The van der Waals surface area contributed by atoms with Crippen LogP contribution in [0.15, 0.2) is 48.5 Å². The molecule has 0 aliphatic carbocycles. The van der Waals surface area contributed by atoms with Crippen molar-refractivity contribution in [2.45, 2.75) is 35.6 Å². The van der Waals surface area contributed by atoms with Gasteiger partial charge in [0.2, 0.25) is 0 Å². The fourth-order valence-corrected chi connectivity index (χ4v) is 5.56. The summed E-state index contributed by atoms with van der Waals surface area (Å²) in [4.78, 5) is 25.0. The van der Waals surface area contributed by atoms with Gasteiger partial charge < -0.3 is 0 Å². The van der Waals surface area contributed by atoms with Crippen molar-refractivity contribution in [2.75, 3.05) is 0 Å². The van der Waals surface area contributed by atoms with Gasteiger partial charge in [-0.1, -0.05) is 0 Å². The molecule has 2 atom stereocenters. The molecule has 2 nitrogen and oxygen atoms in total. The Morgan fingerprint density at radius 2 is 1.00 bits per heavy atom. The van der Waals surface area contributed by atoms with Crippen molar-refractivity contribution >= 4 is 32.5 Å². The van der Waals surface area contributed by atoms with E-state index in [1.807, 2.05) is 76.2 Å². The predicted octanol–water partition coefficient (Wildman–Crippen LogP) is 4.69. The molecule has 0 radical (unpaired) electrons. The van der Waals surface area contributed by atoms with Gasteiger partial charge in [0, 0.05) is 0 Å². The Balaban J connectivity index is 2.02. The van der Waals surface area contributed by atoms with Crippen LogP contribution in [0.2, 0.25) is 7.93 Å². The van der Waals surface area contributed by atoms with Gasteiger partial charge in [-0.3, -0.25) is 0 Å². The number of hydrogen-bond donors (Lipinski definition) is 0. The molecular weight excluding hydrogens is 400 g/mol. The van der Waals surface area contributed by atoms with E-state index in [9.17, 15) is 9.59 Å². The summed E-state index contributed by atoms with van der Waals surface area (Å²) in [6.45, 7) is 7.94. The molecule has 0 saturated carbocycles. The Morgan fingerprint density at radius 1 is 0.696 bits per heavy atom. The Hall–Kier alpha value is -1.43. The Kier molecular flexibility index (Phi) is 6.16. The van der Waals surface area contributed by atoms with Gasteiger partial charge in [0.25, 0.3) is 0 Å². The van der Waals surface area contributed by atoms with Crippen molar-refractivity contribution in [2.24, 2.45) is 0 Å². The molecule has 0 spiro atoms. The second-order valence-corrected chi connectivity index (χ2v) is 10.7. The molecule has 2 rings (SSSR count). The Bertz CT molecular complexity index is 625. The SMILES string of the molecule is Cc1ccc(C(=O)C(C)[Te]C(C)C(=O)c2ccc(C)cc2)cc1. The molecule has 0 aromatic heterocycles. The van der Waals surface area contributed by atoms with Crippen molar-refractivity contribution in [3.63, 3.8) is 0 Å². The van der Waals surface area contributed by atoms with Crippen molar-refractivity contribution < 1.29 is 9.59 Å². The summed E-state index contributed by atoms with van der Waals surface area (Å²) < 4.78 is -0.0694. The number of rotatable bonds is 6. The summed E-state index contributed by atoms with van der Waals surface area (Å²) in [5, 5.41) is 0. The van der Waals surface area contributed by atoms with Gasteiger partial charge in [-0.25, -0.2) is 0 Å². The normalized spacial score (nSPS) is 13.4. The van der Waals surface area contributed by atoms with E-state index in [-0.39, 0.29) is 19.5 Å². The zero-order valence-corrected chi connectivity index (χ0v) is 16.3. The second-order valence-electron chi connectivity index (χ2n) is 5.88. The van der Waals surface area contributed by atoms with Crippen LogP contribution >= 0.6 is 0 Å². The molecule has 0 fully saturated rings. The van der Waals surface area contributed by atoms with Gasteiger partial charge in [-0.15, -0.1) is 0 Å². The van der Waals surface area contributed by atoms with Crippen LogP contribution < -0.4 is 0 Å². The first-order valence-corrected chi connectivity index (χ1v) is 10.4. The van der Waals surface area contributed by atoms with Crippen LogP contribution in [0, 0.1) is 13.8 Å². The molecule has 0 bridgehead atoms. The molecule has 3 heteroatoms. The first-order chi connectivity index (χ1) is 10.9. The van der Waals surface area contributed by atoms with Gasteiger partial charge in [0.1, 0.15) is 0 Å². The summed E-state index contributed by atoms with van der Waals surface area (Å²) in [5.74, 6) is 0.326. The van der Waals surface area contributed by atoms with Crippen LogP contribution in [0.3, 0.4) is 0 Å². The summed E-state index contributed by atoms with van der Waals surface area (Å²) in [7, 11) is 0. The van der Waals surface area contributed by atoms with Gasteiger partial charge in [-0.2, -0.15) is 0 Å². The topological polar surface area (TPSA) is 34.1 Å². The third-order valence-corrected chi connectivity index (χ3v) is 7.37. The summed E-state index contributed by atoms with van der Waals surface area (Å²) in [5.41, 5.74) is 3.80. The number of Topliss-reactive ketones (excluding diaryl/α,β-unsaturated/α-hetero) is 2. The molecule has 120 valence electrons. The van der Waals surface area contributed by atoms with E-state index < -0.39 is 20.9 Å². The summed E-state index contributed by atoms with van der Waals surface area (Å²) in [6, 6.07) is 15.4. The van der Waals surface area contributed by atoms with E-state index in [0.29, 0.717) is 0 Å². The summed E-state index contributed by atoms with van der Waals surface area (Å²) >= 11 is -0.751. The number of carbonyl (C=O) groups excluding carboxylic acids is 2. The van der Waals surface area contributed by atoms with Crippen molar-refractivity contribution in [1.82, 2.24) is 0 Å². The molecular formula is C20H22O2Te. The Labute approximate surface area is 148 Å². The molecule has 0 N–H and O–H groups in total. The van der Waals surface area contributed by atoms with Gasteiger partial charge in [0.15, 0.2) is 0 Å². The minimum absolute atomic E-state index is 0.0347. The van der Waals surface area contributed by atoms with Gasteiger partial charge in [0.05, 0.1) is 0 Å². The van der Waals surface area contributed by atoms with Gasteiger partial charge >= 0.3 is 148 Å². The van der Waals surface area contributed by atoms with Crippen LogP contribution in [-0.2, 0) is 0 Å². The predicted molar refractivity (Wildman–Crippen MR) is 95.6 cm³/mol. The zero-order chi connectivity index (χ0) is 17.0. The molecule has 2 unspecified atom stereocenters. The van der Waals surface area contributed by atoms with Crippen LogP contribution in [0.1, 0.15) is 45.7 Å². The fourth-order valence-electron chi connectivity index (χ4n) is 2.33. The Morgan fingerprint density at radius 3 is 1.30 bits per heavy atom. The number of carbonyl (C=O) groups is 2. The molecule has 0 amide bonds. The molecule has 0 heterocycles. The minimum atomic E-state index is -0.751. The van der Waals surface area contributed by atoms with Crippen LogP contribution in [0.4, 0.5) is 0 Å². The molecule has 0 aliphatic heterocycles.